The van der Waals surface area contributed by atoms with Gasteiger partial charge in [0.05, 0.1) is 17.4 Å². The molecular weight excluding hydrogens is 435 g/mol. The lowest BCUT2D eigenvalue weighted by atomic mass is 9.90. The Morgan fingerprint density at radius 3 is 2.10 bits per heavy atom. The van der Waals surface area contributed by atoms with Gasteiger partial charge < -0.3 is 0 Å². The molecule has 0 bridgehead atoms. The molecule has 5 rings (SSSR count). The highest BCUT2D eigenvalue weighted by Crippen LogP contribution is 2.47. The molecule has 2 aliphatic heterocycles. The van der Waals surface area contributed by atoms with E-state index in [0.29, 0.717) is 15.7 Å². The average molecular weight is 453 g/mol. The SMILES string of the molecule is Cc1ccc(C2C3C(=O)N(c4cc(Cl)cc(Cl)c4)C(=O)C3ON2c2ccccc2)cc1. The number of amides is 2. The minimum atomic E-state index is -0.934. The largest absolute Gasteiger partial charge is 0.273 e. The van der Waals surface area contributed by atoms with Crippen molar-refractivity contribution in [3.05, 3.63) is 94.0 Å². The minimum absolute atomic E-state index is 0.336. The summed E-state index contributed by atoms with van der Waals surface area (Å²) < 4.78 is 0. The molecule has 2 aliphatic rings. The van der Waals surface area contributed by atoms with E-state index in [1.165, 1.54) is 0 Å². The summed E-state index contributed by atoms with van der Waals surface area (Å²) in [4.78, 5) is 34.1. The number of anilines is 2. The summed E-state index contributed by atoms with van der Waals surface area (Å²) in [6, 6.07) is 21.6. The number of nitrogens with zero attached hydrogens (tertiary/aromatic N) is 2. The molecule has 0 spiro atoms. The first-order valence-electron chi connectivity index (χ1n) is 9.85. The number of carbonyl (C=O) groups is 2. The van der Waals surface area contributed by atoms with E-state index < -0.39 is 24.0 Å². The summed E-state index contributed by atoms with van der Waals surface area (Å²) in [6.07, 6.45) is -0.934. The number of halogens is 2. The maximum Gasteiger partial charge on any atom is 0.266 e. The third-order valence-corrected chi connectivity index (χ3v) is 6.09. The van der Waals surface area contributed by atoms with E-state index in [4.69, 9.17) is 28.0 Å². The quantitative estimate of drug-likeness (QED) is 0.502. The number of imide groups is 1. The number of carbonyl (C=O) groups excluding carboxylic acids is 2. The number of hydrogen-bond donors (Lipinski definition) is 0. The van der Waals surface area contributed by atoms with Crippen LogP contribution in [-0.4, -0.2) is 17.9 Å². The number of aryl methyl sites for hydroxylation is 1. The first kappa shape index (κ1) is 20.1. The Labute approximate surface area is 189 Å². The average Bonchev–Trinajstić information content (AvgIpc) is 3.25. The van der Waals surface area contributed by atoms with Crippen LogP contribution in [0.2, 0.25) is 10.0 Å². The van der Waals surface area contributed by atoms with Gasteiger partial charge >= 0.3 is 0 Å². The van der Waals surface area contributed by atoms with E-state index in [0.717, 1.165) is 21.7 Å². The van der Waals surface area contributed by atoms with Crippen molar-refractivity contribution in [3.8, 4) is 0 Å². The van der Waals surface area contributed by atoms with Crippen molar-refractivity contribution in [1.29, 1.82) is 0 Å². The van der Waals surface area contributed by atoms with Crippen molar-refractivity contribution >= 4 is 46.4 Å². The third kappa shape index (κ3) is 3.39. The normalized spacial score (nSPS) is 22.9. The summed E-state index contributed by atoms with van der Waals surface area (Å²) >= 11 is 12.2. The Hall–Kier alpha value is -2.86. The molecule has 0 aliphatic carbocycles. The number of hydroxylamine groups is 1. The predicted octanol–water partition coefficient (Wildman–Crippen LogP) is 5.35. The van der Waals surface area contributed by atoms with Gasteiger partial charge in [0.2, 0.25) is 5.91 Å². The van der Waals surface area contributed by atoms with Crippen LogP contribution >= 0.6 is 23.2 Å². The Kier molecular flexibility index (Phi) is 4.97. The second-order valence-electron chi connectivity index (χ2n) is 7.71. The smallest absolute Gasteiger partial charge is 0.266 e. The highest BCUT2D eigenvalue weighted by molar-refractivity contribution is 6.35. The molecule has 2 fully saturated rings. The molecule has 0 N–H and O–H groups in total. The zero-order chi connectivity index (χ0) is 21.7. The molecule has 7 heteroatoms. The van der Waals surface area contributed by atoms with Crippen LogP contribution in [0.15, 0.2) is 72.8 Å². The van der Waals surface area contributed by atoms with Gasteiger partial charge in [0.15, 0.2) is 6.10 Å². The van der Waals surface area contributed by atoms with Crippen LogP contribution in [0, 0.1) is 12.8 Å². The molecule has 0 saturated carbocycles. The molecule has 0 aromatic heterocycles. The first-order valence-corrected chi connectivity index (χ1v) is 10.6. The van der Waals surface area contributed by atoms with Crippen LogP contribution in [0.25, 0.3) is 0 Å². The van der Waals surface area contributed by atoms with Gasteiger partial charge in [0.1, 0.15) is 5.92 Å². The standard InChI is InChI=1S/C24H18Cl2N2O3/c1-14-7-9-15(10-8-14)21-20-22(31-28(21)18-5-3-2-4-6-18)24(30)27(23(20)29)19-12-16(25)11-17(26)13-19/h2-13,20-22H,1H3. The maximum absolute atomic E-state index is 13.6. The fourth-order valence-electron chi connectivity index (χ4n) is 4.24. The predicted molar refractivity (Wildman–Crippen MR) is 120 cm³/mol. The van der Waals surface area contributed by atoms with E-state index in [1.807, 2.05) is 61.5 Å². The molecule has 31 heavy (non-hydrogen) atoms. The van der Waals surface area contributed by atoms with E-state index in [9.17, 15) is 9.59 Å². The number of benzene rings is 3. The van der Waals surface area contributed by atoms with Crippen molar-refractivity contribution in [2.45, 2.75) is 19.1 Å². The summed E-state index contributed by atoms with van der Waals surface area (Å²) in [5, 5.41) is 2.38. The van der Waals surface area contributed by atoms with Gasteiger partial charge in [0.25, 0.3) is 5.91 Å². The van der Waals surface area contributed by atoms with Gasteiger partial charge in [-0.1, -0.05) is 71.2 Å². The van der Waals surface area contributed by atoms with E-state index in [-0.39, 0.29) is 5.91 Å². The monoisotopic (exact) mass is 452 g/mol. The number of rotatable bonds is 3. The summed E-state index contributed by atoms with van der Waals surface area (Å²) in [5.74, 6) is -1.46. The number of fused-ring (bicyclic) bond motifs is 1. The van der Waals surface area contributed by atoms with E-state index >= 15 is 0 Å². The summed E-state index contributed by atoms with van der Waals surface area (Å²) in [5.41, 5.74) is 3.13. The lowest BCUT2D eigenvalue weighted by Crippen LogP contribution is -2.37. The molecule has 2 heterocycles. The number of para-hydroxylation sites is 1. The van der Waals surface area contributed by atoms with Crippen molar-refractivity contribution in [3.63, 3.8) is 0 Å². The van der Waals surface area contributed by atoms with Gasteiger partial charge in [-0.25, -0.2) is 9.96 Å². The third-order valence-electron chi connectivity index (χ3n) is 5.65. The van der Waals surface area contributed by atoms with Crippen molar-refractivity contribution in [2.24, 2.45) is 5.92 Å². The zero-order valence-corrected chi connectivity index (χ0v) is 18.0. The summed E-state index contributed by atoms with van der Waals surface area (Å²) in [7, 11) is 0. The number of hydrogen-bond acceptors (Lipinski definition) is 4. The van der Waals surface area contributed by atoms with Crippen molar-refractivity contribution < 1.29 is 14.4 Å². The van der Waals surface area contributed by atoms with Crippen LogP contribution in [0.5, 0.6) is 0 Å². The van der Waals surface area contributed by atoms with Crippen LogP contribution in [0.4, 0.5) is 11.4 Å². The second-order valence-corrected chi connectivity index (χ2v) is 8.58. The highest BCUT2D eigenvalue weighted by atomic mass is 35.5. The van der Waals surface area contributed by atoms with Crippen LogP contribution in [-0.2, 0) is 14.4 Å². The minimum Gasteiger partial charge on any atom is -0.273 e. The second kappa shape index (κ2) is 7.68. The van der Waals surface area contributed by atoms with Crippen molar-refractivity contribution in [1.82, 2.24) is 0 Å². The fourth-order valence-corrected chi connectivity index (χ4v) is 4.75. The van der Waals surface area contributed by atoms with Gasteiger partial charge in [0, 0.05) is 10.0 Å². The highest BCUT2D eigenvalue weighted by Gasteiger charge is 2.60. The molecule has 3 atom stereocenters. The van der Waals surface area contributed by atoms with E-state index in [2.05, 4.69) is 0 Å². The fraction of sp³-hybridized carbons (Fsp3) is 0.167. The summed E-state index contributed by atoms with van der Waals surface area (Å²) in [6.45, 7) is 2.00. The Morgan fingerprint density at radius 1 is 0.806 bits per heavy atom. The molecule has 5 nitrogen and oxygen atoms in total. The van der Waals surface area contributed by atoms with Gasteiger partial charge in [-0.3, -0.25) is 14.4 Å². The van der Waals surface area contributed by atoms with Crippen LogP contribution < -0.4 is 9.96 Å². The van der Waals surface area contributed by atoms with Gasteiger partial charge in [-0.15, -0.1) is 0 Å². The lowest BCUT2D eigenvalue weighted by Gasteiger charge is -2.29. The molecule has 3 aromatic rings. The van der Waals surface area contributed by atoms with E-state index in [1.54, 1.807) is 23.3 Å². The maximum atomic E-state index is 13.6. The molecule has 0 radical (unpaired) electrons. The molecule has 156 valence electrons. The van der Waals surface area contributed by atoms with Crippen LogP contribution in [0.3, 0.4) is 0 Å². The van der Waals surface area contributed by atoms with Gasteiger partial charge in [-0.2, -0.15) is 0 Å². The molecule has 3 aromatic carbocycles. The first-order chi connectivity index (χ1) is 14.9. The molecule has 2 amide bonds. The lowest BCUT2D eigenvalue weighted by molar-refractivity contribution is -0.126. The van der Waals surface area contributed by atoms with Gasteiger partial charge in [-0.05, 0) is 42.8 Å². The van der Waals surface area contributed by atoms with Crippen molar-refractivity contribution in [2.75, 3.05) is 9.96 Å². The Morgan fingerprint density at radius 2 is 1.45 bits per heavy atom. The Balaban J connectivity index is 1.59. The van der Waals surface area contributed by atoms with Crippen LogP contribution in [0.1, 0.15) is 17.2 Å². The Bertz CT molecular complexity index is 1150. The molecule has 2 saturated heterocycles. The topological polar surface area (TPSA) is 49.9 Å². The molecular formula is C24H18Cl2N2O3. The molecule has 3 unspecified atom stereocenters. The zero-order valence-electron chi connectivity index (χ0n) is 16.5.